The molecule has 0 aliphatic carbocycles. The van der Waals surface area contributed by atoms with Crippen molar-refractivity contribution in [2.24, 2.45) is 0 Å². The fourth-order valence-electron chi connectivity index (χ4n) is 0.470. The lowest BCUT2D eigenvalue weighted by Gasteiger charge is -2.08. The molecule has 0 amide bonds. The van der Waals surface area contributed by atoms with Gasteiger partial charge in [-0.05, 0) is 0 Å². The van der Waals surface area contributed by atoms with Gasteiger partial charge in [-0.25, -0.2) is 4.98 Å². The third kappa shape index (κ3) is 1.42. The molecule has 0 aromatic carbocycles. The summed E-state index contributed by atoms with van der Waals surface area (Å²) in [7, 11) is -3.75. The molecule has 1 heterocycles. The maximum absolute atomic E-state index is 7.35. The van der Waals surface area contributed by atoms with Crippen LogP contribution in [0.3, 0.4) is 0 Å². The molecule has 0 unspecified atom stereocenters. The van der Waals surface area contributed by atoms with E-state index in [9.17, 15) is 0 Å². The highest BCUT2D eigenvalue weighted by Gasteiger charge is 2.20. The van der Waals surface area contributed by atoms with Gasteiger partial charge < -0.3 is 4.42 Å². The monoisotopic (exact) mass is 147 g/mol. The minimum absolute atomic E-state index is 0.150. The summed E-state index contributed by atoms with van der Waals surface area (Å²) in [6.45, 7) is -3.88. The van der Waals surface area contributed by atoms with Crippen LogP contribution >= 0.6 is 0 Å². The van der Waals surface area contributed by atoms with E-state index >= 15 is 0 Å². The Morgan fingerprint density at radius 3 is 3.00 bits per heavy atom. The van der Waals surface area contributed by atoms with Crippen molar-refractivity contribution in [1.29, 1.82) is 0 Å². The molecule has 50 valence electrons. The van der Waals surface area contributed by atoms with Crippen LogP contribution < -0.4 is 5.51 Å². The summed E-state index contributed by atoms with van der Waals surface area (Å²) < 4.78 is 49.0. The highest BCUT2D eigenvalue weighted by Crippen LogP contribution is 1.98. The lowest BCUT2D eigenvalue weighted by Crippen LogP contribution is -2.38. The van der Waals surface area contributed by atoms with Gasteiger partial charge in [0.1, 0.15) is 14.3 Å². The number of hydrogen-bond donors (Lipinski definition) is 0. The van der Waals surface area contributed by atoms with Gasteiger partial charge in [0.25, 0.3) is 0 Å². The summed E-state index contributed by atoms with van der Waals surface area (Å²) in [5.41, 5.74) is -0.150. The summed E-state index contributed by atoms with van der Waals surface area (Å²) in [5.74, 6) is 0. The van der Waals surface area contributed by atoms with E-state index < -0.39 is 21.0 Å². The molecule has 1 rings (SSSR count). The Labute approximate surface area is 64.4 Å². The normalized spacial score (nSPS) is 24.6. The first-order valence-corrected chi connectivity index (χ1v) is 5.00. The number of nitrogens with zero attached hydrogens (tertiary/aromatic N) is 1. The number of aromatic nitrogens is 1. The molecule has 1 aromatic heterocycles. The third-order valence-electron chi connectivity index (χ3n) is 0.860. The maximum atomic E-state index is 7.35. The molecule has 0 bridgehead atoms. The molecular formula is C6H11NOSi. The van der Waals surface area contributed by atoms with Crippen LogP contribution in [0.2, 0.25) is 19.5 Å². The molecule has 0 atom stereocenters. The lowest BCUT2D eigenvalue weighted by atomic mass is 11.0. The topological polar surface area (TPSA) is 26.0 Å². The summed E-state index contributed by atoms with van der Waals surface area (Å²) >= 11 is 0. The minimum Gasteiger partial charge on any atom is -0.454 e. The zero-order valence-corrected chi connectivity index (χ0v) is 6.01. The molecule has 0 aliphatic rings. The van der Waals surface area contributed by atoms with Gasteiger partial charge in [0.2, 0.25) is 0 Å². The van der Waals surface area contributed by atoms with Crippen molar-refractivity contribution in [3.05, 3.63) is 12.5 Å². The molecule has 2 nitrogen and oxygen atoms in total. The third-order valence-corrected chi connectivity index (χ3v) is 1.96. The summed E-state index contributed by atoms with van der Waals surface area (Å²) in [6.07, 6.45) is 2.45. The molecule has 0 spiro atoms. The molecule has 0 aliphatic heterocycles. The van der Waals surface area contributed by atoms with E-state index in [0.29, 0.717) is 0 Å². The molecule has 3 heteroatoms. The summed E-state index contributed by atoms with van der Waals surface area (Å²) in [5, 5.41) is 0. The first kappa shape index (κ1) is 2.23. The van der Waals surface area contributed by atoms with Crippen molar-refractivity contribution < 1.29 is 12.6 Å². The second-order valence-corrected chi connectivity index (χ2v) is 4.64. The lowest BCUT2D eigenvalue weighted by molar-refractivity contribution is 0.591. The van der Waals surface area contributed by atoms with E-state index in [1.165, 1.54) is 19.0 Å². The molecule has 1 aromatic rings. The Morgan fingerprint density at radius 2 is 2.56 bits per heavy atom. The second-order valence-electron chi connectivity index (χ2n) is 1.96. The highest BCUT2D eigenvalue weighted by atomic mass is 28.3. The van der Waals surface area contributed by atoms with Gasteiger partial charge in [0.15, 0.2) is 5.51 Å². The Hall–Kier alpha value is -0.573. The maximum Gasteiger partial charge on any atom is 0.165 e. The van der Waals surface area contributed by atoms with Gasteiger partial charge in [-0.15, -0.1) is 0 Å². The predicted molar refractivity (Wildman–Crippen MR) is 39.5 cm³/mol. The Balaban J connectivity index is 3.33. The van der Waals surface area contributed by atoms with Crippen LogP contribution in [0.4, 0.5) is 0 Å². The van der Waals surface area contributed by atoms with E-state index in [1.54, 1.807) is 0 Å². The zero-order chi connectivity index (χ0) is 11.9. The fourth-order valence-corrected chi connectivity index (χ4v) is 1.11. The van der Waals surface area contributed by atoms with E-state index in [-0.39, 0.29) is 5.51 Å². The number of oxazole rings is 1. The van der Waals surface area contributed by atoms with Crippen molar-refractivity contribution in [3.8, 4) is 0 Å². The van der Waals surface area contributed by atoms with Crippen molar-refractivity contribution in [3.63, 3.8) is 0 Å². The van der Waals surface area contributed by atoms with Crippen LogP contribution in [0.25, 0.3) is 0 Å². The van der Waals surface area contributed by atoms with Gasteiger partial charge in [-0.2, -0.15) is 0 Å². The molecule has 0 radical (unpaired) electrons. The van der Waals surface area contributed by atoms with Gasteiger partial charge in [0, 0.05) is 8.22 Å². The molecule has 0 fully saturated rings. The minimum atomic E-state index is -3.75. The smallest absolute Gasteiger partial charge is 0.165 e. The predicted octanol–water partition coefficient (Wildman–Crippen LogP) is 1.22. The van der Waals surface area contributed by atoms with Crippen LogP contribution in [0, 0.1) is 0 Å². The van der Waals surface area contributed by atoms with Crippen LogP contribution in [0.5, 0.6) is 0 Å². The molecule has 9 heavy (non-hydrogen) atoms. The van der Waals surface area contributed by atoms with E-state index in [2.05, 4.69) is 4.98 Å². The van der Waals surface area contributed by atoms with Crippen LogP contribution in [-0.4, -0.2) is 13.1 Å². The fraction of sp³-hybridized carbons (Fsp3) is 0.500. The van der Waals surface area contributed by atoms with Gasteiger partial charge in [-0.1, -0.05) is 19.5 Å². The van der Waals surface area contributed by atoms with Crippen LogP contribution in [0.1, 0.15) is 8.22 Å². The van der Waals surface area contributed by atoms with Gasteiger partial charge >= 0.3 is 0 Å². The first-order chi connectivity index (χ1) is 6.61. The number of hydrogen-bond acceptors (Lipinski definition) is 2. The molecule has 0 saturated carbocycles. The summed E-state index contributed by atoms with van der Waals surface area (Å²) in [6, 6.07) is 0. The Morgan fingerprint density at radius 1 is 1.78 bits per heavy atom. The van der Waals surface area contributed by atoms with E-state index in [1.807, 2.05) is 0 Å². The average molecular weight is 147 g/mol. The van der Waals surface area contributed by atoms with Gasteiger partial charge in [-0.3, -0.25) is 0 Å². The molecular weight excluding hydrogens is 130 g/mol. The second kappa shape index (κ2) is 1.99. The largest absolute Gasteiger partial charge is 0.454 e. The SMILES string of the molecule is [2H]C([2H])([2H])[Si](C)(c1ncco1)C([2H])([2H])[2H]. The molecule has 0 saturated heterocycles. The quantitative estimate of drug-likeness (QED) is 0.558. The first-order valence-electron chi connectivity index (χ1n) is 5.50. The van der Waals surface area contributed by atoms with Crippen LogP contribution in [0.15, 0.2) is 16.9 Å². The average Bonchev–Trinajstić information content (AvgIpc) is 2.49. The van der Waals surface area contributed by atoms with Crippen molar-refractivity contribution in [1.82, 2.24) is 4.98 Å². The Bertz CT molecular complexity index is 314. The van der Waals surface area contributed by atoms with Crippen molar-refractivity contribution >= 4 is 13.6 Å². The zero-order valence-electron chi connectivity index (χ0n) is 11.0. The van der Waals surface area contributed by atoms with E-state index in [0.717, 1.165) is 0 Å². The van der Waals surface area contributed by atoms with Crippen LogP contribution in [-0.2, 0) is 0 Å². The van der Waals surface area contributed by atoms with E-state index in [4.69, 9.17) is 12.6 Å². The molecule has 0 N–H and O–H groups in total. The van der Waals surface area contributed by atoms with Gasteiger partial charge in [0.05, 0.1) is 6.20 Å². The number of rotatable bonds is 1. The van der Waals surface area contributed by atoms with Crippen molar-refractivity contribution in [2.45, 2.75) is 19.5 Å². The Kier molecular flexibility index (Phi) is 0.493. The van der Waals surface area contributed by atoms with Crippen molar-refractivity contribution in [2.75, 3.05) is 0 Å². The standard InChI is InChI=1S/C6H11NOSi/c1-9(2,3)6-7-4-5-8-6/h4-5H,1-3H3/i1D3,2D3. The highest BCUT2D eigenvalue weighted by molar-refractivity contribution is 6.87. The summed E-state index contributed by atoms with van der Waals surface area (Å²) in [4.78, 5) is 3.70.